The van der Waals surface area contributed by atoms with Gasteiger partial charge in [-0.05, 0) is 36.6 Å². The SMILES string of the molecule is COC(=O)c1ccc2c(c1)CCN(c1cc(N[C@H](C)CO)nc(C(C)C)n1)C2. The Morgan fingerprint density at radius 3 is 2.71 bits per heavy atom. The van der Waals surface area contributed by atoms with E-state index in [2.05, 4.69) is 29.0 Å². The van der Waals surface area contributed by atoms with Gasteiger partial charge in [-0.15, -0.1) is 0 Å². The molecule has 0 fully saturated rings. The Hall–Kier alpha value is -2.67. The molecular formula is C21H28N4O3. The van der Waals surface area contributed by atoms with Crippen LogP contribution in [0.15, 0.2) is 24.3 Å². The Bertz CT molecular complexity index is 854. The summed E-state index contributed by atoms with van der Waals surface area (Å²) >= 11 is 0. The van der Waals surface area contributed by atoms with Crippen LogP contribution in [0.4, 0.5) is 11.6 Å². The van der Waals surface area contributed by atoms with E-state index >= 15 is 0 Å². The van der Waals surface area contributed by atoms with Crippen molar-refractivity contribution in [3.05, 3.63) is 46.8 Å². The number of carbonyl (C=O) groups is 1. The Kier molecular flexibility index (Phi) is 6.14. The minimum Gasteiger partial charge on any atom is -0.465 e. The number of carbonyl (C=O) groups excluding carboxylic acids is 1. The molecule has 0 radical (unpaired) electrons. The molecule has 0 spiro atoms. The molecule has 7 nitrogen and oxygen atoms in total. The van der Waals surface area contributed by atoms with Gasteiger partial charge in [-0.2, -0.15) is 0 Å². The predicted molar refractivity (Wildman–Crippen MR) is 109 cm³/mol. The number of methoxy groups -OCH3 is 1. The summed E-state index contributed by atoms with van der Waals surface area (Å²) in [5, 5.41) is 12.6. The highest BCUT2D eigenvalue weighted by Crippen LogP contribution is 2.27. The predicted octanol–water partition coefficient (Wildman–Crippen LogP) is 2.74. The van der Waals surface area contributed by atoms with E-state index < -0.39 is 0 Å². The second-order valence-electron chi connectivity index (χ2n) is 7.50. The number of ether oxygens (including phenoxy) is 1. The minimum absolute atomic E-state index is 0.0377. The van der Waals surface area contributed by atoms with Crippen LogP contribution >= 0.6 is 0 Å². The number of hydrogen-bond acceptors (Lipinski definition) is 7. The summed E-state index contributed by atoms with van der Waals surface area (Å²) in [4.78, 5) is 23.3. The topological polar surface area (TPSA) is 87.6 Å². The monoisotopic (exact) mass is 384 g/mol. The molecule has 0 saturated carbocycles. The zero-order chi connectivity index (χ0) is 20.3. The average Bonchev–Trinajstić information content (AvgIpc) is 2.71. The zero-order valence-electron chi connectivity index (χ0n) is 16.9. The molecule has 150 valence electrons. The van der Waals surface area contributed by atoms with E-state index in [-0.39, 0.29) is 24.5 Å². The van der Waals surface area contributed by atoms with Crippen molar-refractivity contribution < 1.29 is 14.6 Å². The smallest absolute Gasteiger partial charge is 0.337 e. The molecular weight excluding hydrogens is 356 g/mol. The fourth-order valence-corrected chi connectivity index (χ4v) is 3.24. The number of nitrogens with one attached hydrogen (secondary N) is 1. The largest absolute Gasteiger partial charge is 0.465 e. The van der Waals surface area contributed by atoms with Crippen LogP contribution in [0.25, 0.3) is 0 Å². The van der Waals surface area contributed by atoms with Crippen molar-refractivity contribution in [1.29, 1.82) is 0 Å². The first-order chi connectivity index (χ1) is 13.4. The second-order valence-corrected chi connectivity index (χ2v) is 7.50. The maximum atomic E-state index is 11.8. The second kappa shape index (κ2) is 8.56. The molecule has 1 aromatic carbocycles. The first kappa shape index (κ1) is 20.1. The van der Waals surface area contributed by atoms with Crippen LogP contribution in [-0.2, 0) is 17.7 Å². The maximum absolute atomic E-state index is 11.8. The summed E-state index contributed by atoms with van der Waals surface area (Å²) in [6.45, 7) is 7.61. The number of aliphatic hydroxyl groups excluding tert-OH is 1. The van der Waals surface area contributed by atoms with Gasteiger partial charge in [-0.25, -0.2) is 14.8 Å². The number of aromatic nitrogens is 2. The van der Waals surface area contributed by atoms with Crippen molar-refractivity contribution >= 4 is 17.6 Å². The van der Waals surface area contributed by atoms with E-state index in [9.17, 15) is 9.90 Å². The lowest BCUT2D eigenvalue weighted by Gasteiger charge is -2.31. The van der Waals surface area contributed by atoms with Gasteiger partial charge in [0.15, 0.2) is 0 Å². The van der Waals surface area contributed by atoms with Gasteiger partial charge >= 0.3 is 5.97 Å². The van der Waals surface area contributed by atoms with Gasteiger partial charge in [0.25, 0.3) is 0 Å². The van der Waals surface area contributed by atoms with Crippen molar-refractivity contribution in [2.45, 2.75) is 45.7 Å². The average molecular weight is 384 g/mol. The lowest BCUT2D eigenvalue weighted by atomic mass is 9.97. The van der Waals surface area contributed by atoms with Crippen molar-refractivity contribution in [2.75, 3.05) is 30.5 Å². The summed E-state index contributed by atoms with van der Waals surface area (Å²) in [5.74, 6) is 2.26. The van der Waals surface area contributed by atoms with Crippen molar-refractivity contribution in [2.24, 2.45) is 0 Å². The highest BCUT2D eigenvalue weighted by molar-refractivity contribution is 5.89. The van der Waals surface area contributed by atoms with E-state index in [1.807, 2.05) is 31.2 Å². The van der Waals surface area contributed by atoms with E-state index in [0.29, 0.717) is 5.56 Å². The fraction of sp³-hybridized carbons (Fsp3) is 0.476. The maximum Gasteiger partial charge on any atom is 0.337 e. The molecule has 28 heavy (non-hydrogen) atoms. The standard InChI is InChI=1S/C21H28N4O3/c1-13(2)20-23-18(22-14(3)12-26)10-19(24-20)25-8-7-15-9-16(21(27)28-4)5-6-17(15)11-25/h5-6,9-10,13-14,26H,7-8,11-12H2,1-4H3,(H,22,23,24)/t14-/m1/s1. The van der Waals surface area contributed by atoms with Gasteiger partial charge in [-0.1, -0.05) is 19.9 Å². The Labute approximate surface area is 165 Å². The molecule has 0 unspecified atom stereocenters. The van der Waals surface area contributed by atoms with Crippen LogP contribution in [0.3, 0.4) is 0 Å². The molecule has 2 aromatic rings. The Balaban J connectivity index is 1.87. The highest BCUT2D eigenvalue weighted by atomic mass is 16.5. The third-order valence-electron chi connectivity index (χ3n) is 4.88. The van der Waals surface area contributed by atoms with E-state index in [4.69, 9.17) is 9.72 Å². The Morgan fingerprint density at radius 2 is 2.04 bits per heavy atom. The molecule has 1 aliphatic rings. The van der Waals surface area contributed by atoms with Crippen molar-refractivity contribution in [1.82, 2.24) is 9.97 Å². The lowest BCUT2D eigenvalue weighted by Crippen LogP contribution is -2.32. The number of fused-ring (bicyclic) bond motifs is 1. The van der Waals surface area contributed by atoms with Crippen LogP contribution in [-0.4, -0.2) is 47.3 Å². The fourth-order valence-electron chi connectivity index (χ4n) is 3.24. The van der Waals surface area contributed by atoms with Gasteiger partial charge in [0.2, 0.25) is 0 Å². The summed E-state index contributed by atoms with van der Waals surface area (Å²) < 4.78 is 4.82. The van der Waals surface area contributed by atoms with Gasteiger partial charge < -0.3 is 20.1 Å². The molecule has 1 aromatic heterocycles. The van der Waals surface area contributed by atoms with Crippen LogP contribution in [0.5, 0.6) is 0 Å². The Morgan fingerprint density at radius 1 is 1.25 bits per heavy atom. The number of nitrogens with zero attached hydrogens (tertiary/aromatic N) is 3. The molecule has 2 heterocycles. The number of anilines is 2. The summed E-state index contributed by atoms with van der Waals surface area (Å²) in [5.41, 5.74) is 2.94. The van der Waals surface area contributed by atoms with E-state index in [1.54, 1.807) is 0 Å². The number of benzene rings is 1. The zero-order valence-corrected chi connectivity index (χ0v) is 16.9. The lowest BCUT2D eigenvalue weighted by molar-refractivity contribution is 0.0600. The third kappa shape index (κ3) is 4.42. The first-order valence-electron chi connectivity index (χ1n) is 9.62. The number of rotatable bonds is 6. The van der Waals surface area contributed by atoms with Gasteiger partial charge in [0.05, 0.1) is 19.3 Å². The van der Waals surface area contributed by atoms with E-state index in [0.717, 1.165) is 37.0 Å². The van der Waals surface area contributed by atoms with Crippen molar-refractivity contribution in [3.63, 3.8) is 0 Å². The number of aliphatic hydroxyl groups is 1. The molecule has 3 rings (SSSR count). The first-order valence-corrected chi connectivity index (χ1v) is 9.62. The van der Waals surface area contributed by atoms with Crippen molar-refractivity contribution in [3.8, 4) is 0 Å². The molecule has 2 N–H and O–H groups in total. The molecule has 0 saturated heterocycles. The van der Waals surface area contributed by atoms with Crippen LogP contribution in [0.1, 0.15) is 54.0 Å². The van der Waals surface area contributed by atoms with Crippen LogP contribution in [0.2, 0.25) is 0 Å². The minimum atomic E-state index is -0.309. The molecule has 7 heteroatoms. The quantitative estimate of drug-likeness (QED) is 0.741. The molecule has 0 bridgehead atoms. The summed E-state index contributed by atoms with van der Waals surface area (Å²) in [6.07, 6.45) is 0.830. The van der Waals surface area contributed by atoms with Crippen LogP contribution in [0, 0.1) is 0 Å². The molecule has 1 aliphatic heterocycles. The highest BCUT2D eigenvalue weighted by Gasteiger charge is 2.21. The van der Waals surface area contributed by atoms with Gasteiger partial charge in [0.1, 0.15) is 17.5 Å². The molecule has 1 atom stereocenters. The van der Waals surface area contributed by atoms with Gasteiger partial charge in [0, 0.05) is 31.1 Å². The molecule has 0 aliphatic carbocycles. The third-order valence-corrected chi connectivity index (χ3v) is 4.88. The number of hydrogen-bond donors (Lipinski definition) is 2. The van der Waals surface area contributed by atoms with E-state index in [1.165, 1.54) is 18.2 Å². The summed E-state index contributed by atoms with van der Waals surface area (Å²) in [6, 6.07) is 7.58. The normalized spacial score (nSPS) is 14.6. The summed E-state index contributed by atoms with van der Waals surface area (Å²) in [7, 11) is 1.40. The molecule has 0 amide bonds. The van der Waals surface area contributed by atoms with Gasteiger partial charge in [-0.3, -0.25) is 0 Å². The van der Waals surface area contributed by atoms with Crippen LogP contribution < -0.4 is 10.2 Å². The number of esters is 1.